The van der Waals surface area contributed by atoms with E-state index in [1.807, 2.05) is 15.9 Å². The molecule has 0 N–H and O–H groups in total. The van der Waals surface area contributed by atoms with Crippen LogP contribution in [0.25, 0.3) is 0 Å². The number of piperidine rings is 1. The number of nitrogens with zero attached hydrogens (tertiary/aromatic N) is 3. The molecule has 29 heavy (non-hydrogen) atoms. The standard InChI is InChI=1S/C22H29N3O4/c26-20(24-12-9-18-3-1-2-4-19(18)15-24)6-5-17-7-10-23(11-8-17)21(27)16-25-13-14-29-22(25)28/h1-4,17H,5-16H2. The second-order valence-corrected chi connectivity index (χ2v) is 8.23. The molecule has 3 amide bonds. The lowest BCUT2D eigenvalue weighted by atomic mass is 9.91. The van der Waals surface area contributed by atoms with Gasteiger partial charge in [-0.05, 0) is 42.7 Å². The summed E-state index contributed by atoms with van der Waals surface area (Å²) >= 11 is 0. The fourth-order valence-corrected chi connectivity index (χ4v) is 4.50. The zero-order chi connectivity index (χ0) is 20.2. The molecule has 1 aromatic rings. The van der Waals surface area contributed by atoms with Gasteiger partial charge in [0, 0.05) is 32.6 Å². The quantitative estimate of drug-likeness (QED) is 0.760. The van der Waals surface area contributed by atoms with Gasteiger partial charge in [0.25, 0.3) is 0 Å². The van der Waals surface area contributed by atoms with Gasteiger partial charge in [-0.2, -0.15) is 0 Å². The molecule has 3 aliphatic heterocycles. The number of ether oxygens (including phenoxy) is 1. The Hall–Kier alpha value is -2.57. The lowest BCUT2D eigenvalue weighted by molar-refractivity contribution is -0.134. The number of cyclic esters (lactones) is 1. The van der Waals surface area contributed by atoms with Gasteiger partial charge in [0.1, 0.15) is 13.2 Å². The van der Waals surface area contributed by atoms with Crippen molar-refractivity contribution in [2.75, 3.05) is 39.3 Å². The fraction of sp³-hybridized carbons (Fsp3) is 0.591. The van der Waals surface area contributed by atoms with Crippen LogP contribution in [-0.4, -0.2) is 71.9 Å². The number of carbonyl (C=O) groups excluding carboxylic acids is 3. The Balaban J connectivity index is 1.18. The highest BCUT2D eigenvalue weighted by Gasteiger charge is 2.29. The van der Waals surface area contributed by atoms with E-state index in [1.54, 1.807) is 0 Å². The topological polar surface area (TPSA) is 70.2 Å². The Bertz CT molecular complexity index is 773. The van der Waals surface area contributed by atoms with E-state index in [0.29, 0.717) is 38.6 Å². The van der Waals surface area contributed by atoms with Crippen LogP contribution in [0.1, 0.15) is 36.8 Å². The zero-order valence-electron chi connectivity index (χ0n) is 16.8. The third kappa shape index (κ3) is 4.71. The third-order valence-corrected chi connectivity index (χ3v) is 6.39. The van der Waals surface area contributed by atoms with Crippen molar-refractivity contribution < 1.29 is 19.1 Å². The van der Waals surface area contributed by atoms with Crippen LogP contribution in [0, 0.1) is 5.92 Å². The van der Waals surface area contributed by atoms with Crippen molar-refractivity contribution in [3.63, 3.8) is 0 Å². The first-order valence-corrected chi connectivity index (χ1v) is 10.6. The number of carbonyl (C=O) groups is 3. The van der Waals surface area contributed by atoms with Crippen LogP contribution in [0.5, 0.6) is 0 Å². The summed E-state index contributed by atoms with van der Waals surface area (Å²) in [6, 6.07) is 8.36. The molecule has 3 aliphatic rings. The van der Waals surface area contributed by atoms with Crippen LogP contribution in [0.2, 0.25) is 0 Å². The van der Waals surface area contributed by atoms with Crippen LogP contribution in [0.4, 0.5) is 4.79 Å². The highest BCUT2D eigenvalue weighted by molar-refractivity contribution is 5.83. The van der Waals surface area contributed by atoms with Crippen molar-refractivity contribution in [2.24, 2.45) is 5.92 Å². The summed E-state index contributed by atoms with van der Waals surface area (Å²) in [5.74, 6) is 0.716. The van der Waals surface area contributed by atoms with E-state index in [9.17, 15) is 14.4 Å². The monoisotopic (exact) mass is 399 g/mol. The maximum atomic E-state index is 12.7. The number of likely N-dealkylation sites (tertiary alicyclic amines) is 1. The first kappa shape index (κ1) is 19.7. The molecule has 2 saturated heterocycles. The van der Waals surface area contributed by atoms with Crippen LogP contribution in [-0.2, 0) is 27.3 Å². The normalized spacial score (nSPS) is 19.9. The Labute approximate surface area is 171 Å². The lowest BCUT2D eigenvalue weighted by Gasteiger charge is -2.33. The highest BCUT2D eigenvalue weighted by atomic mass is 16.6. The molecule has 0 unspecified atom stereocenters. The van der Waals surface area contributed by atoms with E-state index >= 15 is 0 Å². The molecule has 0 spiro atoms. The molecule has 156 valence electrons. The molecular formula is C22H29N3O4. The molecule has 0 radical (unpaired) electrons. The van der Waals surface area contributed by atoms with E-state index in [-0.39, 0.29) is 18.4 Å². The van der Waals surface area contributed by atoms with Crippen molar-refractivity contribution in [2.45, 2.75) is 38.6 Å². The molecule has 7 nitrogen and oxygen atoms in total. The van der Waals surface area contributed by atoms with Gasteiger partial charge in [-0.1, -0.05) is 24.3 Å². The molecule has 0 aromatic heterocycles. The molecule has 0 bridgehead atoms. The van der Waals surface area contributed by atoms with Gasteiger partial charge in [-0.25, -0.2) is 4.79 Å². The van der Waals surface area contributed by atoms with Crippen molar-refractivity contribution in [3.8, 4) is 0 Å². The van der Waals surface area contributed by atoms with Crippen molar-refractivity contribution in [1.82, 2.24) is 14.7 Å². The smallest absolute Gasteiger partial charge is 0.410 e. The molecule has 1 aromatic carbocycles. The Morgan fingerprint density at radius 3 is 2.45 bits per heavy atom. The summed E-state index contributed by atoms with van der Waals surface area (Å²) < 4.78 is 4.87. The van der Waals surface area contributed by atoms with Crippen molar-refractivity contribution >= 4 is 17.9 Å². The predicted molar refractivity (Wildman–Crippen MR) is 107 cm³/mol. The van der Waals surface area contributed by atoms with E-state index in [0.717, 1.165) is 38.8 Å². The average molecular weight is 399 g/mol. The van der Waals surface area contributed by atoms with Crippen molar-refractivity contribution in [1.29, 1.82) is 0 Å². The van der Waals surface area contributed by atoms with E-state index in [4.69, 9.17) is 4.74 Å². The SMILES string of the molecule is O=C(CN1CCOC1=O)N1CCC(CCC(=O)N2CCc3ccccc3C2)CC1. The summed E-state index contributed by atoms with van der Waals surface area (Å²) in [6.45, 7) is 3.91. The van der Waals surface area contributed by atoms with Gasteiger partial charge in [0.05, 0.1) is 6.54 Å². The van der Waals surface area contributed by atoms with Crippen LogP contribution < -0.4 is 0 Å². The number of hydrogen-bond donors (Lipinski definition) is 0. The first-order chi connectivity index (χ1) is 14.1. The van der Waals surface area contributed by atoms with Crippen molar-refractivity contribution in [3.05, 3.63) is 35.4 Å². The highest BCUT2D eigenvalue weighted by Crippen LogP contribution is 2.24. The number of rotatable bonds is 5. The minimum absolute atomic E-state index is 0.00893. The average Bonchev–Trinajstić information content (AvgIpc) is 3.16. The van der Waals surface area contributed by atoms with Crippen LogP contribution in [0.3, 0.4) is 0 Å². The van der Waals surface area contributed by atoms with E-state index in [2.05, 4.69) is 18.2 Å². The maximum absolute atomic E-state index is 12.7. The molecule has 7 heteroatoms. The Morgan fingerprint density at radius 2 is 1.72 bits per heavy atom. The Morgan fingerprint density at radius 1 is 0.966 bits per heavy atom. The maximum Gasteiger partial charge on any atom is 0.410 e. The summed E-state index contributed by atoms with van der Waals surface area (Å²) in [5, 5.41) is 0. The minimum atomic E-state index is -0.396. The van der Waals surface area contributed by atoms with Gasteiger partial charge in [-0.3, -0.25) is 14.5 Å². The fourth-order valence-electron chi connectivity index (χ4n) is 4.50. The van der Waals surface area contributed by atoms with E-state index in [1.165, 1.54) is 16.0 Å². The number of amides is 3. The molecule has 0 saturated carbocycles. The Kier molecular flexibility index (Phi) is 6.02. The van der Waals surface area contributed by atoms with Crippen LogP contribution in [0.15, 0.2) is 24.3 Å². The minimum Gasteiger partial charge on any atom is -0.448 e. The molecule has 3 heterocycles. The second kappa shape index (κ2) is 8.84. The number of fused-ring (bicyclic) bond motifs is 1. The first-order valence-electron chi connectivity index (χ1n) is 10.6. The largest absolute Gasteiger partial charge is 0.448 e. The van der Waals surface area contributed by atoms with E-state index < -0.39 is 6.09 Å². The zero-order valence-corrected chi connectivity index (χ0v) is 16.8. The van der Waals surface area contributed by atoms with Gasteiger partial charge >= 0.3 is 6.09 Å². The lowest BCUT2D eigenvalue weighted by Crippen LogP contribution is -2.44. The summed E-state index contributed by atoms with van der Waals surface area (Å²) in [6.07, 6.45) is 3.86. The molecule has 0 atom stereocenters. The van der Waals surface area contributed by atoms with Gasteiger partial charge in [0.2, 0.25) is 11.8 Å². The summed E-state index contributed by atoms with van der Waals surface area (Å²) in [4.78, 5) is 41.8. The number of benzene rings is 1. The second-order valence-electron chi connectivity index (χ2n) is 8.23. The molecule has 0 aliphatic carbocycles. The van der Waals surface area contributed by atoms with Crippen LogP contribution >= 0.6 is 0 Å². The van der Waals surface area contributed by atoms with Gasteiger partial charge in [0.15, 0.2) is 0 Å². The molecular weight excluding hydrogens is 370 g/mol. The molecule has 4 rings (SSSR count). The summed E-state index contributed by atoms with van der Waals surface area (Å²) in [7, 11) is 0. The van der Waals surface area contributed by atoms with Gasteiger partial charge in [-0.15, -0.1) is 0 Å². The van der Waals surface area contributed by atoms with Gasteiger partial charge < -0.3 is 14.5 Å². The summed E-state index contributed by atoms with van der Waals surface area (Å²) in [5.41, 5.74) is 2.62. The molecule has 2 fully saturated rings. The number of hydrogen-bond acceptors (Lipinski definition) is 4. The predicted octanol–water partition coefficient (Wildman–Crippen LogP) is 2.04. The third-order valence-electron chi connectivity index (χ3n) is 6.39.